The van der Waals surface area contributed by atoms with Gasteiger partial charge in [0.05, 0.1) is 12.7 Å². The molecule has 0 radical (unpaired) electrons. The van der Waals surface area contributed by atoms with E-state index in [9.17, 15) is 4.79 Å². The molecule has 0 fully saturated rings. The van der Waals surface area contributed by atoms with Crippen molar-refractivity contribution in [2.75, 3.05) is 20.3 Å². The SMILES string of the molecule is CNC(C)(C)CCOc1ccc(CNC(=O)COC2/C=C\CCCCC2)cc1. The maximum atomic E-state index is 12.1. The summed E-state index contributed by atoms with van der Waals surface area (Å²) in [6, 6.07) is 7.86. The molecular weight excluding hydrogens is 352 g/mol. The Balaban J connectivity index is 1.66. The van der Waals surface area contributed by atoms with Gasteiger partial charge < -0.3 is 20.1 Å². The maximum absolute atomic E-state index is 12.1. The zero-order chi connectivity index (χ0) is 20.2. The Morgan fingerprint density at radius 2 is 1.96 bits per heavy atom. The van der Waals surface area contributed by atoms with E-state index in [2.05, 4.69) is 36.6 Å². The van der Waals surface area contributed by atoms with Gasteiger partial charge in [-0.15, -0.1) is 0 Å². The van der Waals surface area contributed by atoms with Gasteiger partial charge in [0.1, 0.15) is 12.4 Å². The molecular formula is C23H36N2O3. The van der Waals surface area contributed by atoms with Crippen LogP contribution in [0.15, 0.2) is 36.4 Å². The number of nitrogens with one attached hydrogen (secondary N) is 2. The molecule has 0 saturated carbocycles. The highest BCUT2D eigenvalue weighted by atomic mass is 16.5. The van der Waals surface area contributed by atoms with E-state index in [1.165, 1.54) is 12.8 Å². The molecule has 2 rings (SSSR count). The van der Waals surface area contributed by atoms with Gasteiger partial charge in [0.15, 0.2) is 0 Å². The second-order valence-electron chi connectivity index (χ2n) is 8.07. The number of ether oxygens (including phenoxy) is 2. The molecule has 28 heavy (non-hydrogen) atoms. The van der Waals surface area contributed by atoms with E-state index in [0.29, 0.717) is 13.2 Å². The van der Waals surface area contributed by atoms with Crippen molar-refractivity contribution in [2.24, 2.45) is 0 Å². The van der Waals surface area contributed by atoms with Crippen LogP contribution in [-0.4, -0.2) is 37.8 Å². The molecule has 2 N–H and O–H groups in total. The number of hydrogen-bond donors (Lipinski definition) is 2. The molecule has 5 heteroatoms. The summed E-state index contributed by atoms with van der Waals surface area (Å²) in [5.41, 5.74) is 1.11. The van der Waals surface area contributed by atoms with Crippen LogP contribution in [0.5, 0.6) is 5.75 Å². The topological polar surface area (TPSA) is 59.6 Å². The first-order valence-electron chi connectivity index (χ1n) is 10.4. The molecule has 1 aliphatic carbocycles. The average Bonchev–Trinajstić information content (AvgIpc) is 2.66. The first kappa shape index (κ1) is 22.4. The number of allylic oxidation sites excluding steroid dienone is 1. The lowest BCUT2D eigenvalue weighted by atomic mass is 10.0. The smallest absolute Gasteiger partial charge is 0.246 e. The van der Waals surface area contributed by atoms with Crippen molar-refractivity contribution in [3.8, 4) is 5.75 Å². The number of benzene rings is 1. The second-order valence-corrected chi connectivity index (χ2v) is 8.07. The van der Waals surface area contributed by atoms with Gasteiger partial charge in [-0.3, -0.25) is 4.79 Å². The van der Waals surface area contributed by atoms with Crippen LogP contribution in [0.2, 0.25) is 0 Å². The highest BCUT2D eigenvalue weighted by Crippen LogP contribution is 2.15. The molecule has 0 saturated heterocycles. The second kappa shape index (κ2) is 11.9. The fraction of sp³-hybridized carbons (Fsp3) is 0.609. The Labute approximate surface area is 169 Å². The summed E-state index contributed by atoms with van der Waals surface area (Å²) in [7, 11) is 1.96. The molecule has 0 spiro atoms. The van der Waals surface area contributed by atoms with Gasteiger partial charge in [-0.05, 0) is 64.3 Å². The van der Waals surface area contributed by atoms with Crippen LogP contribution in [0.4, 0.5) is 0 Å². The van der Waals surface area contributed by atoms with E-state index >= 15 is 0 Å². The summed E-state index contributed by atoms with van der Waals surface area (Å²) in [5.74, 6) is 0.770. The summed E-state index contributed by atoms with van der Waals surface area (Å²) >= 11 is 0. The summed E-state index contributed by atoms with van der Waals surface area (Å²) in [6.45, 7) is 5.57. The summed E-state index contributed by atoms with van der Waals surface area (Å²) in [5, 5.41) is 6.19. The van der Waals surface area contributed by atoms with E-state index in [4.69, 9.17) is 9.47 Å². The molecule has 1 atom stereocenters. The first-order valence-corrected chi connectivity index (χ1v) is 10.4. The van der Waals surface area contributed by atoms with E-state index in [1.807, 2.05) is 31.3 Å². The molecule has 0 aromatic heterocycles. The minimum atomic E-state index is -0.0786. The Bertz CT molecular complexity index is 611. The van der Waals surface area contributed by atoms with Crippen molar-refractivity contribution < 1.29 is 14.3 Å². The number of amides is 1. The third-order valence-electron chi connectivity index (χ3n) is 5.22. The molecule has 1 unspecified atom stereocenters. The Kier molecular flexibility index (Phi) is 9.51. The predicted octanol–water partition coefficient (Wildman–Crippen LogP) is 3.98. The van der Waals surface area contributed by atoms with E-state index in [-0.39, 0.29) is 24.2 Å². The van der Waals surface area contributed by atoms with Gasteiger partial charge >= 0.3 is 0 Å². The number of rotatable bonds is 10. The van der Waals surface area contributed by atoms with Gasteiger partial charge in [-0.1, -0.05) is 37.1 Å². The van der Waals surface area contributed by atoms with Crippen molar-refractivity contribution in [2.45, 2.75) is 70.6 Å². The van der Waals surface area contributed by atoms with Crippen LogP contribution in [0.25, 0.3) is 0 Å². The average molecular weight is 389 g/mol. The minimum absolute atomic E-state index is 0.0652. The third-order valence-corrected chi connectivity index (χ3v) is 5.22. The monoisotopic (exact) mass is 388 g/mol. The fourth-order valence-electron chi connectivity index (χ4n) is 2.95. The minimum Gasteiger partial charge on any atom is -0.494 e. The highest BCUT2D eigenvalue weighted by molar-refractivity contribution is 5.77. The molecule has 0 heterocycles. The quantitative estimate of drug-likeness (QED) is 0.595. The lowest BCUT2D eigenvalue weighted by molar-refractivity contribution is -0.127. The normalized spacial score (nSPS) is 18.8. The zero-order valence-electron chi connectivity index (χ0n) is 17.6. The Hall–Kier alpha value is -1.85. The highest BCUT2D eigenvalue weighted by Gasteiger charge is 2.14. The maximum Gasteiger partial charge on any atom is 0.246 e. The number of carbonyl (C=O) groups excluding carboxylic acids is 1. The summed E-state index contributed by atoms with van der Waals surface area (Å²) in [6.07, 6.45) is 11.0. The standard InChI is InChI=1S/C23H36N2O3/c1-23(2,24-3)15-16-27-21-13-11-19(12-14-21)17-25-22(26)18-28-20-9-7-5-4-6-8-10-20/h7,9,11-14,20,24H,4-6,8,10,15-18H2,1-3H3,(H,25,26)/b9-7-. The van der Waals surface area contributed by atoms with Crippen molar-refractivity contribution in [3.63, 3.8) is 0 Å². The van der Waals surface area contributed by atoms with Gasteiger partial charge in [-0.2, -0.15) is 0 Å². The molecule has 1 aliphatic rings. The fourth-order valence-corrected chi connectivity index (χ4v) is 2.95. The van der Waals surface area contributed by atoms with E-state index in [0.717, 1.165) is 37.0 Å². The third kappa shape index (κ3) is 8.89. The van der Waals surface area contributed by atoms with Crippen molar-refractivity contribution in [1.82, 2.24) is 10.6 Å². The number of hydrogen-bond acceptors (Lipinski definition) is 4. The van der Waals surface area contributed by atoms with Crippen LogP contribution in [0, 0.1) is 0 Å². The van der Waals surface area contributed by atoms with Crippen LogP contribution in [-0.2, 0) is 16.1 Å². The van der Waals surface area contributed by atoms with Crippen molar-refractivity contribution >= 4 is 5.91 Å². The first-order chi connectivity index (χ1) is 13.5. The largest absolute Gasteiger partial charge is 0.494 e. The predicted molar refractivity (Wildman–Crippen MR) is 114 cm³/mol. The molecule has 0 aliphatic heterocycles. The van der Waals surface area contributed by atoms with Gasteiger partial charge in [0.25, 0.3) is 0 Å². The number of carbonyl (C=O) groups is 1. The van der Waals surface area contributed by atoms with Crippen LogP contribution in [0.1, 0.15) is 57.9 Å². The zero-order valence-corrected chi connectivity index (χ0v) is 17.6. The van der Waals surface area contributed by atoms with Gasteiger partial charge in [0.2, 0.25) is 5.91 Å². The lowest BCUT2D eigenvalue weighted by Gasteiger charge is -2.23. The van der Waals surface area contributed by atoms with Crippen molar-refractivity contribution in [3.05, 3.63) is 42.0 Å². The molecule has 156 valence electrons. The molecule has 5 nitrogen and oxygen atoms in total. The summed E-state index contributed by atoms with van der Waals surface area (Å²) < 4.78 is 11.5. The molecule has 1 aromatic rings. The Morgan fingerprint density at radius 3 is 2.71 bits per heavy atom. The van der Waals surface area contributed by atoms with Crippen LogP contribution in [0.3, 0.4) is 0 Å². The van der Waals surface area contributed by atoms with Gasteiger partial charge in [0, 0.05) is 12.1 Å². The molecule has 1 amide bonds. The van der Waals surface area contributed by atoms with Crippen molar-refractivity contribution in [1.29, 1.82) is 0 Å². The van der Waals surface area contributed by atoms with Gasteiger partial charge in [-0.25, -0.2) is 0 Å². The van der Waals surface area contributed by atoms with E-state index in [1.54, 1.807) is 0 Å². The summed E-state index contributed by atoms with van der Waals surface area (Å²) in [4.78, 5) is 12.1. The van der Waals surface area contributed by atoms with Crippen LogP contribution >= 0.6 is 0 Å². The Morgan fingerprint density at radius 1 is 1.18 bits per heavy atom. The van der Waals surface area contributed by atoms with E-state index < -0.39 is 0 Å². The molecule has 0 bridgehead atoms. The lowest BCUT2D eigenvalue weighted by Crippen LogP contribution is -2.37. The van der Waals surface area contributed by atoms with Crippen LogP contribution < -0.4 is 15.4 Å². The molecule has 1 aromatic carbocycles.